The van der Waals surface area contributed by atoms with Crippen LogP contribution in [0.25, 0.3) is 0 Å². The maximum atomic E-state index is 10.8. The average Bonchev–Trinajstić information content (AvgIpc) is 1.37. The van der Waals surface area contributed by atoms with Crippen LogP contribution in [0.3, 0.4) is 0 Å². The van der Waals surface area contributed by atoms with Gasteiger partial charge in [-0.25, -0.2) is 0 Å². The lowest BCUT2D eigenvalue weighted by Crippen LogP contribution is -0.944. The van der Waals surface area contributed by atoms with Gasteiger partial charge in [0.2, 0.25) is 0 Å². The van der Waals surface area contributed by atoms with Crippen LogP contribution in [-0.4, -0.2) is 6.66 Å². The third-order valence-electron chi connectivity index (χ3n) is 0.0639. The van der Waals surface area contributed by atoms with E-state index in [0.717, 1.165) is 5.76 Å². The molecule has 0 aromatic rings. The zero-order valence-corrected chi connectivity index (χ0v) is 5.26. The third-order valence-corrected chi connectivity index (χ3v) is 1.29. The van der Waals surface area contributed by atoms with Crippen LogP contribution < -0.4 is 0 Å². The van der Waals surface area contributed by atoms with Crippen molar-refractivity contribution in [2.24, 2.45) is 0 Å². The van der Waals surface area contributed by atoms with E-state index in [4.69, 9.17) is 0 Å². The van der Waals surface area contributed by atoms with Gasteiger partial charge >= 0.3 is 0 Å². The standard InChI is InChI=1S/CH3FIP/c1-4-3-2/h1H3. The zero-order chi connectivity index (χ0) is 3.41. The summed E-state index contributed by atoms with van der Waals surface area (Å²) in [6.45, 7) is 1.83. The summed E-state index contributed by atoms with van der Waals surface area (Å²) in [5.41, 5.74) is 0. The van der Waals surface area contributed by atoms with Crippen molar-refractivity contribution in [3.63, 3.8) is 0 Å². The fourth-order valence-corrected chi connectivity index (χ4v) is 0. The van der Waals surface area contributed by atoms with Crippen LogP contribution in [0.1, 0.15) is 0 Å². The second-order valence-corrected chi connectivity index (χ2v) is 4.69. The SMILES string of the molecule is CP=IF. The van der Waals surface area contributed by atoms with Crippen LogP contribution in [0.2, 0.25) is 0 Å². The summed E-state index contributed by atoms with van der Waals surface area (Å²) in [7, 11) is 0. The van der Waals surface area contributed by atoms with Gasteiger partial charge in [-0.05, 0) is 12.4 Å². The van der Waals surface area contributed by atoms with E-state index in [0.29, 0.717) is 0 Å². The summed E-state index contributed by atoms with van der Waals surface area (Å²) in [6, 6.07) is 0. The summed E-state index contributed by atoms with van der Waals surface area (Å²) in [6.07, 6.45) is 0. The molecule has 0 N–H and O–H groups in total. The zero-order valence-electron chi connectivity index (χ0n) is 2.20. The molecule has 0 bridgehead atoms. The highest BCUT2D eigenvalue weighted by molar-refractivity contribution is 14.2. The summed E-state index contributed by atoms with van der Waals surface area (Å²) in [4.78, 5) is 0. The molecule has 26 valence electrons. The Kier molecular flexibility index (Phi) is 4.91. The summed E-state index contributed by atoms with van der Waals surface area (Å²) in [5.74, 6) is 0.942. The first-order valence-electron chi connectivity index (χ1n) is 0.759. The summed E-state index contributed by atoms with van der Waals surface area (Å²) < 4.78 is 10.8. The second-order valence-electron chi connectivity index (χ2n) is 0.233. The Morgan fingerprint density at radius 1 is 2.00 bits per heavy atom. The second kappa shape index (κ2) is 3.96. The Morgan fingerprint density at radius 3 is 2.25 bits per heavy atom. The van der Waals surface area contributed by atoms with E-state index in [1.807, 2.05) is 6.66 Å². The first-order chi connectivity index (χ1) is 1.91. The number of hydrogen-bond acceptors (Lipinski definition) is 0. The molecule has 0 nitrogen and oxygen atoms in total. The highest BCUT2D eigenvalue weighted by atomic mass is 127. The molecule has 0 unspecified atom stereocenters. The lowest BCUT2D eigenvalue weighted by atomic mass is 12.0. The largest absolute Gasteiger partial charge is 0.175 e. The highest BCUT2D eigenvalue weighted by Gasteiger charge is 1.42. The predicted molar refractivity (Wildman–Crippen MR) is 28.0 cm³/mol. The lowest BCUT2D eigenvalue weighted by molar-refractivity contribution is 1.03. The molecule has 0 radical (unpaired) electrons. The molecule has 4 heavy (non-hydrogen) atoms. The van der Waals surface area contributed by atoms with E-state index < -0.39 is 20.7 Å². The van der Waals surface area contributed by atoms with Crippen molar-refractivity contribution >= 4 is 26.5 Å². The molecule has 0 aliphatic rings. The minimum Gasteiger partial charge on any atom is -0.175 e. The Bertz CT molecular complexity index is 23.2. The molecule has 0 heterocycles. The van der Waals surface area contributed by atoms with Gasteiger partial charge < -0.3 is 0 Å². The monoisotopic (exact) mass is 192 g/mol. The molecular weight excluding hydrogens is 189 g/mol. The minimum absolute atomic E-state index is 0.917. The Labute approximate surface area is 36.3 Å². The van der Waals surface area contributed by atoms with E-state index in [-0.39, 0.29) is 0 Å². The Hall–Kier alpha value is 0.960. The molecule has 0 saturated heterocycles. The number of hydrogen-bond donors (Lipinski definition) is 0. The molecule has 0 atom stereocenters. The quantitative estimate of drug-likeness (QED) is 0.408. The van der Waals surface area contributed by atoms with Crippen LogP contribution in [0, 0.1) is 0 Å². The predicted octanol–water partition coefficient (Wildman–Crippen LogP) is 2.33. The third kappa shape index (κ3) is 2.96. The van der Waals surface area contributed by atoms with Gasteiger partial charge in [-0.15, -0.1) is 0 Å². The van der Waals surface area contributed by atoms with Crippen LogP contribution in [0.5, 0.6) is 0 Å². The summed E-state index contributed by atoms with van der Waals surface area (Å²) >= 11 is -0.917. The van der Waals surface area contributed by atoms with Gasteiger partial charge in [-0.2, -0.15) is 2.86 Å². The fraction of sp³-hybridized carbons (Fsp3) is 1.00. The maximum absolute atomic E-state index is 10.8. The van der Waals surface area contributed by atoms with Crippen LogP contribution >= 0.6 is 26.5 Å². The Morgan fingerprint density at radius 2 is 2.25 bits per heavy atom. The Balaban J connectivity index is 2.55. The average molecular weight is 192 g/mol. The molecule has 0 aliphatic heterocycles. The topological polar surface area (TPSA) is 0 Å². The van der Waals surface area contributed by atoms with Gasteiger partial charge in [0.1, 0.15) is 20.7 Å². The van der Waals surface area contributed by atoms with Crippen molar-refractivity contribution in [1.29, 1.82) is 0 Å². The van der Waals surface area contributed by atoms with Gasteiger partial charge in [-0.1, -0.05) is 0 Å². The van der Waals surface area contributed by atoms with Crippen molar-refractivity contribution in [1.82, 2.24) is 0 Å². The van der Waals surface area contributed by atoms with E-state index in [2.05, 4.69) is 0 Å². The van der Waals surface area contributed by atoms with Gasteiger partial charge in [0.05, 0.1) is 0 Å². The van der Waals surface area contributed by atoms with Crippen molar-refractivity contribution in [2.45, 2.75) is 0 Å². The molecule has 0 aromatic heterocycles. The first kappa shape index (κ1) is 4.96. The van der Waals surface area contributed by atoms with Crippen molar-refractivity contribution in [2.75, 3.05) is 6.66 Å². The molecule has 0 saturated carbocycles. The number of halogens is 2. The van der Waals surface area contributed by atoms with Gasteiger partial charge in [-0.3, -0.25) is 0 Å². The van der Waals surface area contributed by atoms with E-state index in [1.165, 1.54) is 0 Å². The lowest BCUT2D eigenvalue weighted by Gasteiger charge is -1.42. The molecule has 0 spiro atoms. The van der Waals surface area contributed by atoms with Crippen molar-refractivity contribution in [3.05, 3.63) is 0 Å². The van der Waals surface area contributed by atoms with Crippen LogP contribution in [0.4, 0.5) is 2.86 Å². The first-order valence-corrected chi connectivity index (χ1v) is 5.70. The summed E-state index contributed by atoms with van der Waals surface area (Å²) in [5, 5.41) is 0. The van der Waals surface area contributed by atoms with Gasteiger partial charge in [0, 0.05) is 0 Å². The van der Waals surface area contributed by atoms with E-state index in [9.17, 15) is 2.86 Å². The van der Waals surface area contributed by atoms with E-state index >= 15 is 0 Å². The molecule has 0 amide bonds. The molecule has 0 fully saturated rings. The molecule has 0 aromatic carbocycles. The van der Waals surface area contributed by atoms with Crippen molar-refractivity contribution < 1.29 is 2.86 Å². The van der Waals surface area contributed by atoms with Gasteiger partial charge in [0.15, 0.2) is 0 Å². The number of rotatable bonds is 0. The highest BCUT2D eigenvalue weighted by Crippen LogP contribution is 2.10. The van der Waals surface area contributed by atoms with Gasteiger partial charge in [0.25, 0.3) is 0 Å². The molecular formula is CH3FIP. The maximum Gasteiger partial charge on any atom is 0.127 e. The molecule has 0 rings (SSSR count). The van der Waals surface area contributed by atoms with Crippen molar-refractivity contribution in [3.8, 4) is 0 Å². The van der Waals surface area contributed by atoms with E-state index in [1.54, 1.807) is 0 Å². The van der Waals surface area contributed by atoms with Crippen LogP contribution in [-0.2, 0) is 0 Å². The normalized spacial score (nSPS) is 11.5. The molecule has 3 heteroatoms. The van der Waals surface area contributed by atoms with Crippen LogP contribution in [0.15, 0.2) is 0 Å². The minimum atomic E-state index is -0.917. The smallest absolute Gasteiger partial charge is 0.127 e. The fourth-order valence-electron chi connectivity index (χ4n) is 0. The molecule has 0 aliphatic carbocycles.